The Hall–Kier alpha value is -3.56. The number of hydrogen-bond donors (Lipinski definition) is 2. The van der Waals surface area contributed by atoms with E-state index in [1.807, 2.05) is 0 Å². The number of halogens is 5. The Bertz CT molecular complexity index is 1220. The van der Waals surface area contributed by atoms with E-state index in [4.69, 9.17) is 27.9 Å². The number of hydrogen-bond acceptors (Lipinski definition) is 4. The van der Waals surface area contributed by atoms with Gasteiger partial charge in [0.1, 0.15) is 5.75 Å². The molecule has 0 fully saturated rings. The normalized spacial score (nSPS) is 11.3. The van der Waals surface area contributed by atoms with E-state index in [1.165, 1.54) is 24.4 Å². The molecule has 0 aliphatic rings. The largest absolute Gasteiger partial charge is 0.484 e. The van der Waals surface area contributed by atoms with Crippen LogP contribution in [0.3, 0.4) is 0 Å². The molecular weight excluding hydrogens is 494 g/mol. The molecule has 0 saturated carbocycles. The molecule has 11 heteroatoms. The second-order valence-electron chi connectivity index (χ2n) is 6.78. The van der Waals surface area contributed by atoms with Gasteiger partial charge in [0.25, 0.3) is 11.8 Å². The number of rotatable bonds is 7. The summed E-state index contributed by atoms with van der Waals surface area (Å²) in [5.41, 5.74) is 1.50. The summed E-state index contributed by atoms with van der Waals surface area (Å²) in [5.74, 6) is -1.01. The predicted octanol–water partition coefficient (Wildman–Crippen LogP) is 5.79. The van der Waals surface area contributed by atoms with Crippen LogP contribution in [-0.4, -0.2) is 24.6 Å². The predicted molar refractivity (Wildman–Crippen MR) is 124 cm³/mol. The van der Waals surface area contributed by atoms with Crippen molar-refractivity contribution < 1.29 is 27.5 Å². The molecule has 0 saturated heterocycles. The molecule has 0 radical (unpaired) electrons. The molecule has 0 aliphatic heterocycles. The van der Waals surface area contributed by atoms with Crippen molar-refractivity contribution >= 4 is 46.9 Å². The molecule has 2 N–H and O–H groups in total. The van der Waals surface area contributed by atoms with Gasteiger partial charge >= 0.3 is 6.18 Å². The fourth-order valence-corrected chi connectivity index (χ4v) is 3.02. The van der Waals surface area contributed by atoms with Gasteiger partial charge in [0.2, 0.25) is 0 Å². The number of nitrogens with zero attached hydrogens (tertiary/aromatic N) is 1. The maximum atomic E-state index is 13.0. The number of alkyl halides is 3. The molecule has 2 amide bonds. The van der Waals surface area contributed by atoms with E-state index in [0.29, 0.717) is 27.0 Å². The van der Waals surface area contributed by atoms with E-state index in [2.05, 4.69) is 15.8 Å². The van der Waals surface area contributed by atoms with Crippen molar-refractivity contribution in [3.05, 3.63) is 93.5 Å². The van der Waals surface area contributed by atoms with Gasteiger partial charge in [-0.3, -0.25) is 9.59 Å². The monoisotopic (exact) mass is 509 g/mol. The minimum Gasteiger partial charge on any atom is -0.484 e. The topological polar surface area (TPSA) is 79.8 Å². The lowest BCUT2D eigenvalue weighted by Crippen LogP contribution is -2.22. The van der Waals surface area contributed by atoms with Crippen LogP contribution in [0.15, 0.2) is 71.8 Å². The number of hydrazone groups is 1. The molecule has 0 spiro atoms. The van der Waals surface area contributed by atoms with Crippen LogP contribution in [-0.2, 0) is 11.0 Å². The van der Waals surface area contributed by atoms with Gasteiger partial charge in [0, 0.05) is 5.69 Å². The fraction of sp³-hybridized carbons (Fsp3) is 0.0870. The summed E-state index contributed by atoms with van der Waals surface area (Å²) in [7, 11) is 0. The highest BCUT2D eigenvalue weighted by Crippen LogP contribution is 2.31. The lowest BCUT2D eigenvalue weighted by atomic mass is 10.1. The number of ether oxygens (including phenoxy) is 1. The van der Waals surface area contributed by atoms with Gasteiger partial charge < -0.3 is 10.1 Å². The Morgan fingerprint density at radius 2 is 1.68 bits per heavy atom. The number of amides is 2. The van der Waals surface area contributed by atoms with Gasteiger partial charge in [-0.1, -0.05) is 35.3 Å². The summed E-state index contributed by atoms with van der Waals surface area (Å²) < 4.78 is 44.5. The fourth-order valence-electron chi connectivity index (χ4n) is 2.72. The highest BCUT2D eigenvalue weighted by atomic mass is 35.5. The van der Waals surface area contributed by atoms with E-state index < -0.39 is 29.1 Å². The first-order valence-electron chi connectivity index (χ1n) is 9.61. The van der Waals surface area contributed by atoms with Gasteiger partial charge in [-0.2, -0.15) is 18.3 Å². The number of benzene rings is 3. The molecule has 0 bridgehead atoms. The SMILES string of the molecule is O=C(COc1ccc(/C=N/NC(=O)c2ccccc2C(F)(F)F)cc1)Nc1ccc(Cl)c(Cl)c1. The van der Waals surface area contributed by atoms with Crippen molar-refractivity contribution in [1.82, 2.24) is 5.43 Å². The van der Waals surface area contributed by atoms with Crippen molar-refractivity contribution in [2.45, 2.75) is 6.18 Å². The molecule has 3 rings (SSSR count). The summed E-state index contributed by atoms with van der Waals surface area (Å²) in [6, 6.07) is 15.4. The summed E-state index contributed by atoms with van der Waals surface area (Å²) >= 11 is 11.7. The van der Waals surface area contributed by atoms with Crippen LogP contribution in [0.4, 0.5) is 18.9 Å². The molecule has 0 unspecified atom stereocenters. The highest BCUT2D eigenvalue weighted by Gasteiger charge is 2.34. The van der Waals surface area contributed by atoms with Crippen LogP contribution in [0.25, 0.3) is 0 Å². The molecular formula is C23H16Cl2F3N3O3. The third-order valence-corrected chi connectivity index (χ3v) is 5.05. The lowest BCUT2D eigenvalue weighted by Gasteiger charge is -2.11. The van der Waals surface area contributed by atoms with E-state index in [9.17, 15) is 22.8 Å². The Labute approximate surface area is 202 Å². The molecule has 6 nitrogen and oxygen atoms in total. The molecule has 0 heterocycles. The number of anilines is 1. The second kappa shape index (κ2) is 11.0. The van der Waals surface area contributed by atoms with Crippen LogP contribution in [0.2, 0.25) is 10.0 Å². The van der Waals surface area contributed by atoms with Crippen LogP contribution in [0, 0.1) is 0 Å². The molecule has 34 heavy (non-hydrogen) atoms. The zero-order valence-electron chi connectivity index (χ0n) is 17.2. The van der Waals surface area contributed by atoms with Crippen molar-refractivity contribution in [2.24, 2.45) is 5.10 Å². The summed E-state index contributed by atoms with van der Waals surface area (Å²) in [4.78, 5) is 24.1. The van der Waals surface area contributed by atoms with Gasteiger partial charge in [0.05, 0.1) is 27.4 Å². The van der Waals surface area contributed by atoms with Gasteiger partial charge in [0.15, 0.2) is 6.61 Å². The average Bonchev–Trinajstić information content (AvgIpc) is 2.80. The number of carbonyl (C=O) groups excluding carboxylic acids is 2. The van der Waals surface area contributed by atoms with Gasteiger partial charge in [-0.25, -0.2) is 5.43 Å². The van der Waals surface area contributed by atoms with Crippen molar-refractivity contribution in [3.63, 3.8) is 0 Å². The van der Waals surface area contributed by atoms with E-state index in [1.54, 1.807) is 36.4 Å². The first kappa shape index (κ1) is 25.1. The number of carbonyl (C=O) groups is 2. The molecule has 176 valence electrons. The maximum Gasteiger partial charge on any atom is 0.417 e. The minimum atomic E-state index is -4.66. The Morgan fingerprint density at radius 1 is 0.971 bits per heavy atom. The Kier molecular flexibility index (Phi) is 8.14. The zero-order chi connectivity index (χ0) is 24.7. The Morgan fingerprint density at radius 3 is 2.35 bits per heavy atom. The Balaban J connectivity index is 1.51. The van der Waals surface area contributed by atoms with Crippen LogP contribution >= 0.6 is 23.2 Å². The molecule has 0 aromatic heterocycles. The van der Waals surface area contributed by atoms with Crippen LogP contribution < -0.4 is 15.5 Å². The van der Waals surface area contributed by atoms with E-state index >= 15 is 0 Å². The first-order valence-corrected chi connectivity index (χ1v) is 10.4. The van der Waals surface area contributed by atoms with Crippen molar-refractivity contribution in [2.75, 3.05) is 11.9 Å². The summed E-state index contributed by atoms with van der Waals surface area (Å²) in [5, 5.41) is 6.98. The van der Waals surface area contributed by atoms with Crippen molar-refractivity contribution in [1.29, 1.82) is 0 Å². The number of nitrogens with one attached hydrogen (secondary N) is 2. The lowest BCUT2D eigenvalue weighted by molar-refractivity contribution is -0.138. The molecule has 3 aromatic rings. The van der Waals surface area contributed by atoms with E-state index in [0.717, 1.165) is 12.1 Å². The van der Waals surface area contributed by atoms with E-state index in [-0.39, 0.29) is 6.61 Å². The van der Waals surface area contributed by atoms with Crippen LogP contribution in [0.1, 0.15) is 21.5 Å². The molecule has 0 atom stereocenters. The third-order valence-electron chi connectivity index (χ3n) is 4.31. The van der Waals surface area contributed by atoms with Gasteiger partial charge in [-0.15, -0.1) is 0 Å². The standard InChI is InChI=1S/C23H16Cl2F3N3O3/c24-19-10-7-15(11-20(19)25)30-21(32)13-34-16-8-5-14(6-9-16)12-29-31-22(33)17-3-1-2-4-18(17)23(26,27)28/h1-12H,13H2,(H,30,32)(H,31,33)/b29-12+. The molecule has 3 aromatic carbocycles. The zero-order valence-corrected chi connectivity index (χ0v) is 18.7. The third kappa shape index (κ3) is 6.97. The summed E-state index contributed by atoms with van der Waals surface area (Å²) in [6.45, 7) is -0.262. The first-order chi connectivity index (χ1) is 16.1. The van der Waals surface area contributed by atoms with Crippen molar-refractivity contribution in [3.8, 4) is 5.75 Å². The highest BCUT2D eigenvalue weighted by molar-refractivity contribution is 6.42. The molecule has 0 aliphatic carbocycles. The van der Waals surface area contributed by atoms with Gasteiger partial charge in [-0.05, 0) is 60.2 Å². The smallest absolute Gasteiger partial charge is 0.417 e. The maximum absolute atomic E-state index is 13.0. The quantitative estimate of drug-likeness (QED) is 0.312. The van der Waals surface area contributed by atoms with Crippen LogP contribution in [0.5, 0.6) is 5.75 Å². The second-order valence-corrected chi connectivity index (χ2v) is 7.59. The minimum absolute atomic E-state index is 0.262. The summed E-state index contributed by atoms with van der Waals surface area (Å²) in [6.07, 6.45) is -3.40. The average molecular weight is 510 g/mol.